The number of benzene rings is 1. The normalized spacial score (nSPS) is 14.6. The van der Waals surface area contributed by atoms with Gasteiger partial charge < -0.3 is 20.1 Å². The molecule has 0 unspecified atom stereocenters. The predicted molar refractivity (Wildman–Crippen MR) is 147 cm³/mol. The van der Waals surface area contributed by atoms with Gasteiger partial charge in [0.25, 0.3) is 5.91 Å². The second-order valence-corrected chi connectivity index (χ2v) is 11.3. The Labute approximate surface area is 222 Å². The summed E-state index contributed by atoms with van der Waals surface area (Å²) in [6.45, 7) is 15.5. The van der Waals surface area contributed by atoms with Gasteiger partial charge in [-0.3, -0.25) is 14.7 Å². The van der Waals surface area contributed by atoms with Crippen LogP contribution in [-0.2, 0) is 16.8 Å². The Morgan fingerprint density at radius 2 is 1.97 bits per heavy atom. The molecule has 1 aliphatic rings. The first-order valence-electron chi connectivity index (χ1n) is 12.6. The van der Waals surface area contributed by atoms with E-state index < -0.39 is 0 Å². The molecule has 3 aromatic rings. The van der Waals surface area contributed by atoms with Crippen LogP contribution in [0.3, 0.4) is 0 Å². The van der Waals surface area contributed by atoms with Crippen molar-refractivity contribution in [2.75, 3.05) is 18.4 Å². The van der Waals surface area contributed by atoms with Gasteiger partial charge in [-0.1, -0.05) is 38.4 Å². The Balaban J connectivity index is 1.52. The molecule has 9 nitrogen and oxygen atoms in total. The van der Waals surface area contributed by atoms with Crippen LogP contribution in [0.4, 0.5) is 5.82 Å². The summed E-state index contributed by atoms with van der Waals surface area (Å²) in [6, 6.07) is 3.93. The molecule has 0 saturated carbocycles. The molecule has 0 bridgehead atoms. The van der Waals surface area contributed by atoms with Crippen LogP contribution in [0.15, 0.2) is 24.3 Å². The van der Waals surface area contributed by atoms with Crippen LogP contribution in [0.1, 0.15) is 75.2 Å². The maximum Gasteiger partial charge on any atom is 0.270 e. The zero-order chi connectivity index (χ0) is 27.1. The number of likely N-dealkylation sites (tertiary alicyclic amines) is 1. The summed E-state index contributed by atoms with van der Waals surface area (Å²) in [7, 11) is 0. The fraction of sp³-hybridized carbons (Fsp3) is 0.481. The molecule has 1 fully saturated rings. The standard InChI is InChI=1S/C27H36ClN7O2/c1-8-9-23(36)34-13-17(14-34)31-26(37)24-16(4)30-22(35(24)15(2)3)12-29-25-18-10-19(27(5,6)7)20(28)11-21(18)32-33-25/h8-11,15,17H,12-14H2,1-7H3,(H,31,37)(H2,29,32,33). The van der Waals surface area contributed by atoms with Crippen molar-refractivity contribution in [1.82, 2.24) is 30.0 Å². The fourth-order valence-corrected chi connectivity index (χ4v) is 5.17. The number of fused-ring (bicyclic) bond motifs is 1. The first kappa shape index (κ1) is 26.7. The summed E-state index contributed by atoms with van der Waals surface area (Å²) in [5, 5.41) is 15.6. The topological polar surface area (TPSA) is 108 Å². The summed E-state index contributed by atoms with van der Waals surface area (Å²) in [6.07, 6.45) is 3.26. The van der Waals surface area contributed by atoms with Crippen molar-refractivity contribution in [3.05, 3.63) is 52.1 Å². The SMILES string of the molecule is CC=CC(=O)N1CC(NC(=O)c2c(C)nc(CNc3n[nH]c4cc(Cl)c(C(C)(C)C)cc34)n2C(C)C)C1. The highest BCUT2D eigenvalue weighted by molar-refractivity contribution is 6.32. The summed E-state index contributed by atoms with van der Waals surface area (Å²) in [5.41, 5.74) is 3.00. The van der Waals surface area contributed by atoms with E-state index in [1.165, 1.54) is 6.08 Å². The van der Waals surface area contributed by atoms with E-state index in [4.69, 9.17) is 16.6 Å². The molecule has 198 valence electrons. The summed E-state index contributed by atoms with van der Waals surface area (Å²) in [5.74, 6) is 1.24. The lowest BCUT2D eigenvalue weighted by Crippen LogP contribution is -2.60. The molecule has 2 amide bonds. The van der Waals surface area contributed by atoms with E-state index in [1.54, 1.807) is 11.0 Å². The number of aryl methyl sites for hydroxylation is 1. The van der Waals surface area contributed by atoms with Gasteiger partial charge in [-0.15, -0.1) is 0 Å². The van der Waals surface area contributed by atoms with Crippen molar-refractivity contribution >= 4 is 40.1 Å². The zero-order valence-electron chi connectivity index (χ0n) is 22.6. The van der Waals surface area contributed by atoms with E-state index in [0.717, 1.165) is 22.3 Å². The van der Waals surface area contributed by atoms with Gasteiger partial charge in [-0.2, -0.15) is 5.10 Å². The number of nitrogens with one attached hydrogen (secondary N) is 3. The number of hydrogen-bond donors (Lipinski definition) is 3. The van der Waals surface area contributed by atoms with Crippen LogP contribution < -0.4 is 10.6 Å². The Kier molecular flexibility index (Phi) is 7.37. The third-order valence-electron chi connectivity index (χ3n) is 6.60. The first-order chi connectivity index (χ1) is 17.4. The Hall–Kier alpha value is -3.33. The Morgan fingerprint density at radius 3 is 2.59 bits per heavy atom. The number of aromatic amines is 1. The maximum absolute atomic E-state index is 13.2. The monoisotopic (exact) mass is 525 g/mol. The third kappa shape index (κ3) is 5.37. The lowest BCUT2D eigenvalue weighted by Gasteiger charge is -2.39. The fourth-order valence-electron chi connectivity index (χ4n) is 4.72. The molecule has 0 radical (unpaired) electrons. The predicted octanol–water partition coefficient (Wildman–Crippen LogP) is 4.73. The van der Waals surface area contributed by atoms with E-state index in [1.807, 2.05) is 38.3 Å². The van der Waals surface area contributed by atoms with Crippen LogP contribution >= 0.6 is 11.6 Å². The number of anilines is 1. The van der Waals surface area contributed by atoms with Crippen LogP contribution in [0, 0.1) is 6.92 Å². The van der Waals surface area contributed by atoms with Gasteiger partial charge in [-0.05, 0) is 56.9 Å². The minimum atomic E-state index is -0.178. The molecule has 1 aliphatic heterocycles. The quantitative estimate of drug-likeness (QED) is 0.386. The molecule has 37 heavy (non-hydrogen) atoms. The van der Waals surface area contributed by atoms with Crippen molar-refractivity contribution in [2.24, 2.45) is 0 Å². The number of H-pyrrole nitrogens is 1. The average molecular weight is 526 g/mol. The number of amides is 2. The number of hydrogen-bond acceptors (Lipinski definition) is 5. The molecule has 3 N–H and O–H groups in total. The highest BCUT2D eigenvalue weighted by Crippen LogP contribution is 2.34. The molecule has 0 atom stereocenters. The van der Waals surface area contributed by atoms with Crippen LogP contribution in [0.2, 0.25) is 5.02 Å². The van der Waals surface area contributed by atoms with Crippen molar-refractivity contribution < 1.29 is 9.59 Å². The summed E-state index contributed by atoms with van der Waals surface area (Å²) >= 11 is 6.52. The van der Waals surface area contributed by atoms with Gasteiger partial charge in [0, 0.05) is 29.5 Å². The number of nitrogens with zero attached hydrogens (tertiary/aromatic N) is 4. The third-order valence-corrected chi connectivity index (χ3v) is 6.91. The zero-order valence-corrected chi connectivity index (χ0v) is 23.3. The molecule has 1 saturated heterocycles. The molecule has 3 heterocycles. The number of rotatable bonds is 7. The molecule has 2 aromatic heterocycles. The Morgan fingerprint density at radius 1 is 1.27 bits per heavy atom. The molecule has 1 aromatic carbocycles. The van der Waals surface area contributed by atoms with Gasteiger partial charge >= 0.3 is 0 Å². The maximum atomic E-state index is 13.2. The number of halogens is 1. The van der Waals surface area contributed by atoms with E-state index in [0.29, 0.717) is 41.9 Å². The number of allylic oxidation sites excluding steroid dienone is 1. The Bertz CT molecular complexity index is 1360. The van der Waals surface area contributed by atoms with Crippen LogP contribution in [0.25, 0.3) is 10.9 Å². The molecular weight excluding hydrogens is 490 g/mol. The van der Waals surface area contributed by atoms with Gasteiger partial charge in [0.2, 0.25) is 5.91 Å². The number of carbonyl (C=O) groups is 2. The average Bonchev–Trinajstić information content (AvgIpc) is 3.32. The second-order valence-electron chi connectivity index (χ2n) is 10.9. The minimum Gasteiger partial charge on any atom is -0.361 e. The number of imidazole rings is 1. The molecular formula is C27H36ClN7O2. The van der Waals surface area contributed by atoms with Crippen molar-refractivity contribution in [3.63, 3.8) is 0 Å². The van der Waals surface area contributed by atoms with E-state index >= 15 is 0 Å². The largest absolute Gasteiger partial charge is 0.361 e. The highest BCUT2D eigenvalue weighted by Gasteiger charge is 2.32. The van der Waals surface area contributed by atoms with Crippen LogP contribution in [0.5, 0.6) is 0 Å². The summed E-state index contributed by atoms with van der Waals surface area (Å²) < 4.78 is 1.96. The lowest BCUT2D eigenvalue weighted by atomic mass is 9.86. The molecule has 0 spiro atoms. The highest BCUT2D eigenvalue weighted by atomic mass is 35.5. The first-order valence-corrected chi connectivity index (χ1v) is 13.0. The smallest absolute Gasteiger partial charge is 0.270 e. The minimum absolute atomic E-state index is 0.0233. The molecule has 0 aliphatic carbocycles. The summed E-state index contributed by atoms with van der Waals surface area (Å²) in [4.78, 5) is 31.6. The van der Waals surface area contributed by atoms with E-state index in [9.17, 15) is 9.59 Å². The van der Waals surface area contributed by atoms with Crippen molar-refractivity contribution in [3.8, 4) is 0 Å². The van der Waals surface area contributed by atoms with Crippen molar-refractivity contribution in [1.29, 1.82) is 0 Å². The lowest BCUT2D eigenvalue weighted by molar-refractivity contribution is -0.130. The van der Waals surface area contributed by atoms with Gasteiger partial charge in [0.15, 0.2) is 5.82 Å². The second kappa shape index (κ2) is 10.2. The molecule has 4 rings (SSSR count). The molecule has 10 heteroatoms. The van der Waals surface area contributed by atoms with Gasteiger partial charge in [0.05, 0.1) is 23.8 Å². The number of aromatic nitrogens is 4. The van der Waals surface area contributed by atoms with Gasteiger partial charge in [0.1, 0.15) is 11.5 Å². The van der Waals surface area contributed by atoms with E-state index in [2.05, 4.69) is 47.7 Å². The van der Waals surface area contributed by atoms with Crippen molar-refractivity contribution in [2.45, 2.75) is 72.5 Å². The van der Waals surface area contributed by atoms with Gasteiger partial charge in [-0.25, -0.2) is 4.98 Å². The van der Waals surface area contributed by atoms with E-state index in [-0.39, 0.29) is 29.3 Å². The number of carbonyl (C=O) groups excluding carboxylic acids is 2. The van der Waals surface area contributed by atoms with Crippen LogP contribution in [-0.4, -0.2) is 55.6 Å².